The molecule has 27 heavy (non-hydrogen) atoms. The van der Waals surface area contributed by atoms with E-state index in [2.05, 4.69) is 20.8 Å². The summed E-state index contributed by atoms with van der Waals surface area (Å²) in [6.07, 6.45) is 0.100. The monoisotopic (exact) mass is 408 g/mol. The zero-order chi connectivity index (χ0) is 19.6. The van der Waals surface area contributed by atoms with E-state index in [1.54, 1.807) is 11.8 Å². The van der Waals surface area contributed by atoms with Crippen LogP contribution < -0.4 is 10.6 Å². The molecule has 0 radical (unpaired) electrons. The lowest BCUT2D eigenvalue weighted by Gasteiger charge is -2.22. The van der Waals surface area contributed by atoms with E-state index in [1.165, 1.54) is 11.3 Å². The van der Waals surface area contributed by atoms with Crippen LogP contribution in [0, 0.1) is 5.92 Å². The van der Waals surface area contributed by atoms with Crippen LogP contribution >= 0.6 is 23.1 Å². The van der Waals surface area contributed by atoms with Gasteiger partial charge in [-0.2, -0.15) is 0 Å². The number of alkyl carbamates (subject to hydrolysis) is 1. The second kappa shape index (κ2) is 10.9. The first-order chi connectivity index (χ1) is 13.0. The molecule has 2 atom stereocenters. The van der Waals surface area contributed by atoms with E-state index in [0.717, 1.165) is 22.1 Å². The van der Waals surface area contributed by atoms with Crippen molar-refractivity contribution >= 4 is 40.2 Å². The maximum atomic E-state index is 12.6. The van der Waals surface area contributed by atoms with Gasteiger partial charge in [-0.05, 0) is 17.2 Å². The number of amides is 2. The zero-order valence-corrected chi connectivity index (χ0v) is 17.2. The van der Waals surface area contributed by atoms with Crippen molar-refractivity contribution in [2.24, 2.45) is 5.92 Å². The quantitative estimate of drug-likeness (QED) is 0.482. The van der Waals surface area contributed by atoms with Gasteiger partial charge in [0.25, 0.3) is 0 Å². The third-order valence-corrected chi connectivity index (χ3v) is 5.74. The molecule has 1 heterocycles. The minimum Gasteiger partial charge on any atom is -0.445 e. The molecular formula is C18H24N4O3S2. The SMILES string of the molecule is CCSc1nnc(NC(=O)[C@H](NC(=O)OCc2ccccc2)[C@H](C)CC)s1. The number of carbonyl (C=O) groups excluding carboxylic acids is 2. The van der Waals surface area contributed by atoms with Gasteiger partial charge >= 0.3 is 6.09 Å². The first-order valence-corrected chi connectivity index (χ1v) is 10.6. The van der Waals surface area contributed by atoms with Crippen molar-refractivity contribution in [3.8, 4) is 0 Å². The summed E-state index contributed by atoms with van der Waals surface area (Å²) in [5.41, 5.74) is 0.881. The number of aromatic nitrogens is 2. The molecule has 2 N–H and O–H groups in total. The van der Waals surface area contributed by atoms with Gasteiger partial charge in [0.1, 0.15) is 12.6 Å². The number of nitrogens with zero attached hydrogens (tertiary/aromatic N) is 2. The Morgan fingerprint density at radius 3 is 2.63 bits per heavy atom. The standard InChI is InChI=1S/C18H24N4O3S2/c1-4-12(3)14(15(23)20-16-21-22-18(27-16)26-5-2)19-17(24)25-11-13-9-7-6-8-10-13/h6-10,12,14H,4-5,11H2,1-3H3,(H,19,24)(H,20,21,23)/t12-,14-/m1/s1. The summed E-state index contributed by atoms with van der Waals surface area (Å²) < 4.78 is 6.03. The fraction of sp³-hybridized carbons (Fsp3) is 0.444. The van der Waals surface area contributed by atoms with Crippen molar-refractivity contribution in [1.29, 1.82) is 0 Å². The van der Waals surface area contributed by atoms with Crippen LogP contribution in [0.4, 0.5) is 9.93 Å². The van der Waals surface area contributed by atoms with Crippen molar-refractivity contribution in [2.75, 3.05) is 11.1 Å². The molecule has 0 bridgehead atoms. The van der Waals surface area contributed by atoms with Crippen LogP contribution in [0.15, 0.2) is 34.7 Å². The summed E-state index contributed by atoms with van der Waals surface area (Å²) in [6, 6.07) is 8.66. The maximum Gasteiger partial charge on any atom is 0.408 e. The predicted octanol–water partition coefficient (Wildman–Crippen LogP) is 3.93. The predicted molar refractivity (Wildman–Crippen MR) is 108 cm³/mol. The fourth-order valence-corrected chi connectivity index (χ4v) is 3.87. The second-order valence-corrected chi connectivity index (χ2v) is 8.35. The lowest BCUT2D eigenvalue weighted by Crippen LogP contribution is -2.47. The molecule has 0 fully saturated rings. The molecule has 0 saturated carbocycles. The van der Waals surface area contributed by atoms with Gasteiger partial charge < -0.3 is 10.1 Å². The van der Waals surface area contributed by atoms with Gasteiger partial charge in [-0.1, -0.05) is 80.6 Å². The lowest BCUT2D eigenvalue weighted by atomic mass is 9.98. The van der Waals surface area contributed by atoms with E-state index in [1.807, 2.05) is 51.1 Å². The second-order valence-electron chi connectivity index (χ2n) is 5.86. The Hall–Kier alpha value is -2.13. The van der Waals surface area contributed by atoms with Crippen molar-refractivity contribution in [3.05, 3.63) is 35.9 Å². The Balaban J connectivity index is 1.94. The number of hydrogen-bond acceptors (Lipinski definition) is 7. The minimum atomic E-state index is -0.718. The third kappa shape index (κ3) is 6.84. The Morgan fingerprint density at radius 2 is 1.96 bits per heavy atom. The Bertz CT molecular complexity index is 739. The molecule has 146 valence electrons. The smallest absolute Gasteiger partial charge is 0.408 e. The van der Waals surface area contributed by atoms with E-state index in [9.17, 15) is 9.59 Å². The molecule has 2 rings (SSSR count). The molecule has 1 aromatic carbocycles. The molecule has 0 spiro atoms. The van der Waals surface area contributed by atoms with E-state index in [0.29, 0.717) is 5.13 Å². The summed E-state index contributed by atoms with van der Waals surface area (Å²) in [5, 5.41) is 13.8. The zero-order valence-electron chi connectivity index (χ0n) is 15.6. The summed E-state index contributed by atoms with van der Waals surface area (Å²) in [6.45, 7) is 6.03. The minimum absolute atomic E-state index is 0.0633. The number of ether oxygens (including phenoxy) is 1. The first kappa shape index (κ1) is 21.2. The molecule has 1 aromatic heterocycles. The third-order valence-electron chi connectivity index (χ3n) is 3.89. The van der Waals surface area contributed by atoms with E-state index in [-0.39, 0.29) is 18.4 Å². The average molecular weight is 409 g/mol. The van der Waals surface area contributed by atoms with Crippen LogP contribution in [-0.2, 0) is 16.1 Å². The Morgan fingerprint density at radius 1 is 1.22 bits per heavy atom. The molecular weight excluding hydrogens is 384 g/mol. The van der Waals surface area contributed by atoms with Gasteiger partial charge in [0.05, 0.1) is 0 Å². The number of anilines is 1. The maximum absolute atomic E-state index is 12.6. The summed E-state index contributed by atoms with van der Waals surface area (Å²) in [7, 11) is 0. The van der Waals surface area contributed by atoms with E-state index >= 15 is 0 Å². The highest BCUT2D eigenvalue weighted by molar-refractivity contribution is 8.01. The highest BCUT2D eigenvalue weighted by atomic mass is 32.2. The molecule has 0 unspecified atom stereocenters. The van der Waals surface area contributed by atoms with Crippen LogP contribution in [0.25, 0.3) is 0 Å². The highest BCUT2D eigenvalue weighted by Crippen LogP contribution is 2.25. The van der Waals surface area contributed by atoms with Gasteiger partial charge in [-0.15, -0.1) is 10.2 Å². The molecule has 0 saturated heterocycles. The lowest BCUT2D eigenvalue weighted by molar-refractivity contribution is -0.119. The van der Waals surface area contributed by atoms with Gasteiger partial charge in [0.15, 0.2) is 4.34 Å². The molecule has 0 aliphatic rings. The Labute approximate surface area is 167 Å². The Kier molecular flexibility index (Phi) is 8.53. The van der Waals surface area contributed by atoms with E-state index in [4.69, 9.17) is 4.74 Å². The van der Waals surface area contributed by atoms with Gasteiger partial charge in [0, 0.05) is 0 Å². The van der Waals surface area contributed by atoms with Crippen LogP contribution in [0.5, 0.6) is 0 Å². The van der Waals surface area contributed by atoms with Gasteiger partial charge in [-0.25, -0.2) is 4.79 Å². The van der Waals surface area contributed by atoms with E-state index < -0.39 is 12.1 Å². The van der Waals surface area contributed by atoms with Crippen molar-refractivity contribution in [1.82, 2.24) is 15.5 Å². The van der Waals surface area contributed by atoms with Crippen LogP contribution in [0.2, 0.25) is 0 Å². The number of rotatable bonds is 9. The number of benzene rings is 1. The number of thioether (sulfide) groups is 1. The number of nitrogens with one attached hydrogen (secondary N) is 2. The molecule has 9 heteroatoms. The molecule has 2 amide bonds. The number of hydrogen-bond donors (Lipinski definition) is 2. The first-order valence-electron chi connectivity index (χ1n) is 8.77. The molecule has 7 nitrogen and oxygen atoms in total. The molecule has 0 aliphatic heterocycles. The largest absolute Gasteiger partial charge is 0.445 e. The average Bonchev–Trinajstić information content (AvgIpc) is 3.11. The van der Waals surface area contributed by atoms with Crippen molar-refractivity contribution in [3.63, 3.8) is 0 Å². The molecule has 0 aliphatic carbocycles. The van der Waals surface area contributed by atoms with Crippen LogP contribution in [-0.4, -0.2) is 34.0 Å². The fourth-order valence-electron chi connectivity index (χ4n) is 2.22. The highest BCUT2D eigenvalue weighted by Gasteiger charge is 2.27. The van der Waals surface area contributed by atoms with Gasteiger partial charge in [-0.3, -0.25) is 10.1 Å². The van der Waals surface area contributed by atoms with Crippen LogP contribution in [0.3, 0.4) is 0 Å². The topological polar surface area (TPSA) is 93.2 Å². The molecule has 2 aromatic rings. The summed E-state index contributed by atoms with van der Waals surface area (Å²) in [5.74, 6) is 0.490. The summed E-state index contributed by atoms with van der Waals surface area (Å²) >= 11 is 2.88. The van der Waals surface area contributed by atoms with Crippen molar-refractivity contribution < 1.29 is 14.3 Å². The normalized spacial score (nSPS) is 12.9. The van der Waals surface area contributed by atoms with Gasteiger partial charge in [0.2, 0.25) is 11.0 Å². The van der Waals surface area contributed by atoms with Crippen molar-refractivity contribution in [2.45, 2.75) is 44.2 Å². The number of carbonyl (C=O) groups is 2. The van der Waals surface area contributed by atoms with Crippen LogP contribution in [0.1, 0.15) is 32.8 Å². The summed E-state index contributed by atoms with van der Waals surface area (Å²) in [4.78, 5) is 24.8.